The van der Waals surface area contributed by atoms with Gasteiger partial charge in [-0.25, -0.2) is 0 Å². The summed E-state index contributed by atoms with van der Waals surface area (Å²) in [4.78, 5) is 25.0. The SMILES string of the molecule is CC(C)C1Oc2ccc([N+](=O)[O-])cc2N(Cc2ccc(Cl)c(Cl)c2)C1=O. The summed E-state index contributed by atoms with van der Waals surface area (Å²) >= 11 is 12.0. The molecule has 0 saturated carbocycles. The fraction of sp³-hybridized carbons (Fsp3) is 0.278. The van der Waals surface area contributed by atoms with Crippen LogP contribution in [-0.4, -0.2) is 16.9 Å². The molecule has 136 valence electrons. The lowest BCUT2D eigenvalue weighted by Crippen LogP contribution is -2.48. The number of anilines is 1. The Morgan fingerprint density at radius 3 is 2.54 bits per heavy atom. The summed E-state index contributed by atoms with van der Waals surface area (Å²) in [6, 6.07) is 9.33. The van der Waals surface area contributed by atoms with E-state index in [2.05, 4.69) is 0 Å². The molecule has 0 radical (unpaired) electrons. The largest absolute Gasteiger partial charge is 0.478 e. The molecule has 0 aliphatic carbocycles. The first-order chi connectivity index (χ1) is 12.3. The maximum atomic E-state index is 12.9. The Kier molecular flexibility index (Phi) is 5.07. The smallest absolute Gasteiger partial charge is 0.271 e. The number of nitro benzene ring substituents is 1. The topological polar surface area (TPSA) is 72.7 Å². The zero-order chi connectivity index (χ0) is 19.0. The first kappa shape index (κ1) is 18.5. The molecule has 1 amide bonds. The van der Waals surface area contributed by atoms with Gasteiger partial charge in [0.2, 0.25) is 0 Å². The highest BCUT2D eigenvalue weighted by molar-refractivity contribution is 6.42. The number of carbonyl (C=O) groups excluding carboxylic acids is 1. The maximum Gasteiger partial charge on any atom is 0.271 e. The minimum atomic E-state index is -0.660. The van der Waals surface area contributed by atoms with Gasteiger partial charge in [0, 0.05) is 12.1 Å². The third-order valence-corrected chi connectivity index (χ3v) is 4.88. The number of nitrogens with zero attached hydrogens (tertiary/aromatic N) is 2. The number of hydrogen-bond donors (Lipinski definition) is 0. The van der Waals surface area contributed by atoms with Crippen LogP contribution in [0.1, 0.15) is 19.4 Å². The molecule has 1 aliphatic rings. The van der Waals surface area contributed by atoms with Crippen LogP contribution in [0.3, 0.4) is 0 Å². The van der Waals surface area contributed by atoms with Gasteiger partial charge in [-0.05, 0) is 29.7 Å². The van der Waals surface area contributed by atoms with E-state index in [9.17, 15) is 14.9 Å². The lowest BCUT2D eigenvalue weighted by molar-refractivity contribution is -0.384. The monoisotopic (exact) mass is 394 g/mol. The first-order valence-electron chi connectivity index (χ1n) is 7.98. The lowest BCUT2D eigenvalue weighted by atomic mass is 10.0. The number of carbonyl (C=O) groups is 1. The molecule has 3 rings (SSSR count). The molecule has 0 N–H and O–H groups in total. The molecule has 0 aromatic heterocycles. The molecule has 0 saturated heterocycles. The molecule has 1 unspecified atom stereocenters. The van der Waals surface area contributed by atoms with E-state index in [-0.39, 0.29) is 24.1 Å². The van der Waals surface area contributed by atoms with Crippen LogP contribution in [0.5, 0.6) is 5.75 Å². The van der Waals surface area contributed by atoms with Crippen LogP contribution in [0, 0.1) is 16.0 Å². The Hall–Kier alpha value is -2.31. The molecular formula is C18H16Cl2N2O4. The highest BCUT2D eigenvalue weighted by atomic mass is 35.5. The maximum absolute atomic E-state index is 12.9. The van der Waals surface area contributed by atoms with E-state index in [0.717, 1.165) is 5.56 Å². The van der Waals surface area contributed by atoms with Crippen molar-refractivity contribution in [2.45, 2.75) is 26.5 Å². The number of halogens is 2. The van der Waals surface area contributed by atoms with E-state index in [1.807, 2.05) is 13.8 Å². The van der Waals surface area contributed by atoms with Crippen LogP contribution >= 0.6 is 23.2 Å². The first-order valence-corrected chi connectivity index (χ1v) is 8.74. The molecule has 26 heavy (non-hydrogen) atoms. The Balaban J connectivity index is 2.05. The van der Waals surface area contributed by atoms with E-state index in [0.29, 0.717) is 21.5 Å². The van der Waals surface area contributed by atoms with E-state index in [4.69, 9.17) is 27.9 Å². The van der Waals surface area contributed by atoms with E-state index in [1.165, 1.54) is 23.1 Å². The van der Waals surface area contributed by atoms with Gasteiger partial charge in [-0.15, -0.1) is 0 Å². The second-order valence-corrected chi connectivity index (χ2v) is 7.18. The van der Waals surface area contributed by atoms with Gasteiger partial charge >= 0.3 is 0 Å². The predicted octanol–water partition coefficient (Wildman–Crippen LogP) is 4.85. The lowest BCUT2D eigenvalue weighted by Gasteiger charge is -2.36. The molecule has 2 aromatic rings. The molecule has 6 nitrogen and oxygen atoms in total. The third kappa shape index (κ3) is 3.48. The number of rotatable bonds is 4. The Labute approximate surface area is 160 Å². The van der Waals surface area contributed by atoms with Crippen molar-refractivity contribution in [1.29, 1.82) is 0 Å². The number of nitro groups is 1. The van der Waals surface area contributed by atoms with E-state index in [1.54, 1.807) is 18.2 Å². The molecule has 0 fully saturated rings. The van der Waals surface area contributed by atoms with Crippen molar-refractivity contribution in [2.75, 3.05) is 4.90 Å². The predicted molar refractivity (Wildman–Crippen MR) is 100 cm³/mol. The fourth-order valence-corrected chi connectivity index (χ4v) is 3.12. The van der Waals surface area contributed by atoms with Gasteiger partial charge in [0.05, 0.1) is 27.2 Å². The second-order valence-electron chi connectivity index (χ2n) is 6.36. The molecular weight excluding hydrogens is 379 g/mol. The minimum absolute atomic E-state index is 0.0536. The number of non-ortho nitro benzene ring substituents is 1. The standard InChI is InChI=1S/C18H16Cl2N2O4/c1-10(2)17-18(23)21(9-11-3-5-13(19)14(20)7-11)15-8-12(22(24)25)4-6-16(15)26-17/h3-8,10,17H,9H2,1-2H3. The Morgan fingerprint density at radius 2 is 1.92 bits per heavy atom. The Morgan fingerprint density at radius 1 is 1.19 bits per heavy atom. The van der Waals surface area contributed by atoms with Gasteiger partial charge in [-0.1, -0.05) is 43.1 Å². The highest BCUT2D eigenvalue weighted by Gasteiger charge is 2.37. The third-order valence-electron chi connectivity index (χ3n) is 4.14. The van der Waals surface area contributed by atoms with Crippen molar-refractivity contribution in [3.05, 3.63) is 62.1 Å². The highest BCUT2D eigenvalue weighted by Crippen LogP contribution is 2.39. The average Bonchev–Trinajstić information content (AvgIpc) is 2.59. The molecule has 2 aromatic carbocycles. The zero-order valence-corrected chi connectivity index (χ0v) is 15.6. The molecule has 1 heterocycles. The second kappa shape index (κ2) is 7.13. The number of fused-ring (bicyclic) bond motifs is 1. The molecule has 8 heteroatoms. The van der Waals surface area contributed by atoms with E-state index >= 15 is 0 Å². The summed E-state index contributed by atoms with van der Waals surface area (Å²) < 4.78 is 5.79. The molecule has 1 aliphatic heterocycles. The van der Waals surface area contributed by atoms with Gasteiger partial charge in [0.25, 0.3) is 11.6 Å². The van der Waals surface area contributed by atoms with Crippen molar-refractivity contribution >= 4 is 40.5 Å². The van der Waals surface area contributed by atoms with Gasteiger partial charge in [0.15, 0.2) is 6.10 Å². The summed E-state index contributed by atoms with van der Waals surface area (Å²) in [6.07, 6.45) is -0.660. The summed E-state index contributed by atoms with van der Waals surface area (Å²) in [5.74, 6) is 0.134. The summed E-state index contributed by atoms with van der Waals surface area (Å²) in [6.45, 7) is 3.98. The van der Waals surface area contributed by atoms with Crippen LogP contribution < -0.4 is 9.64 Å². The van der Waals surface area contributed by atoms with Gasteiger partial charge in [0.1, 0.15) is 5.75 Å². The minimum Gasteiger partial charge on any atom is -0.478 e. The van der Waals surface area contributed by atoms with Crippen LogP contribution in [0.4, 0.5) is 11.4 Å². The zero-order valence-electron chi connectivity index (χ0n) is 14.1. The van der Waals surface area contributed by atoms with Gasteiger partial charge < -0.3 is 9.64 Å². The average molecular weight is 395 g/mol. The molecule has 0 bridgehead atoms. The van der Waals surface area contributed by atoms with Crippen molar-refractivity contribution in [3.8, 4) is 5.75 Å². The van der Waals surface area contributed by atoms with Gasteiger partial charge in [-0.2, -0.15) is 0 Å². The summed E-state index contributed by atoms with van der Waals surface area (Å²) in [5, 5.41) is 11.9. The summed E-state index contributed by atoms with van der Waals surface area (Å²) in [5.41, 5.74) is 1.02. The van der Waals surface area contributed by atoms with Crippen molar-refractivity contribution in [3.63, 3.8) is 0 Å². The number of amides is 1. The van der Waals surface area contributed by atoms with Crippen LogP contribution in [0.2, 0.25) is 10.0 Å². The van der Waals surface area contributed by atoms with Crippen LogP contribution in [0.15, 0.2) is 36.4 Å². The van der Waals surface area contributed by atoms with Crippen molar-refractivity contribution in [1.82, 2.24) is 0 Å². The van der Waals surface area contributed by atoms with E-state index < -0.39 is 11.0 Å². The normalized spacial score (nSPS) is 16.4. The number of ether oxygens (including phenoxy) is 1. The Bertz CT molecular complexity index is 885. The van der Waals surface area contributed by atoms with Crippen molar-refractivity contribution in [2.24, 2.45) is 5.92 Å². The van der Waals surface area contributed by atoms with Gasteiger partial charge in [-0.3, -0.25) is 14.9 Å². The summed E-state index contributed by atoms with van der Waals surface area (Å²) in [7, 11) is 0. The van der Waals surface area contributed by atoms with Crippen LogP contribution in [-0.2, 0) is 11.3 Å². The molecule has 1 atom stereocenters. The fourth-order valence-electron chi connectivity index (χ4n) is 2.79. The quantitative estimate of drug-likeness (QED) is 0.548. The van der Waals surface area contributed by atoms with Crippen molar-refractivity contribution < 1.29 is 14.5 Å². The number of benzene rings is 2. The van der Waals surface area contributed by atoms with Crippen LogP contribution in [0.25, 0.3) is 0 Å². The number of hydrogen-bond acceptors (Lipinski definition) is 4. The molecule has 0 spiro atoms.